The smallest absolute Gasteiger partial charge is 0.223 e. The van der Waals surface area contributed by atoms with Crippen LogP contribution in [0.4, 0.5) is 0 Å². The molecular formula is C22H27N5O. The Kier molecular flexibility index (Phi) is 4.92. The van der Waals surface area contributed by atoms with Gasteiger partial charge in [0.15, 0.2) is 5.66 Å². The summed E-state index contributed by atoms with van der Waals surface area (Å²) in [6.45, 7) is 5.13. The minimum absolute atomic E-state index is 0.0389. The molecule has 0 saturated carbocycles. The van der Waals surface area contributed by atoms with E-state index in [4.69, 9.17) is 11.4 Å². The predicted molar refractivity (Wildman–Crippen MR) is 109 cm³/mol. The molecule has 1 aromatic carbocycles. The maximum absolute atomic E-state index is 13.0. The topological polar surface area (TPSA) is 62.9 Å². The summed E-state index contributed by atoms with van der Waals surface area (Å²) in [6.07, 6.45) is 9.81. The van der Waals surface area contributed by atoms with Crippen LogP contribution in [0.25, 0.3) is 11.0 Å². The van der Waals surface area contributed by atoms with Crippen LogP contribution in [-0.2, 0) is 4.79 Å². The standard InChI is InChI=1S/C22H27N5O/c1-4-5-13-22(24-25-22)14-12-20(28)26-15-8-11-19(26)21-23-17-9-6-7-10-18(17)27(21)16(2)3/h1,6-7,9-10,16,19H,5,8,11-15H2,2-3H3. The Balaban J connectivity index is 1.53. The molecule has 3 heterocycles. The third-order valence-corrected chi connectivity index (χ3v) is 5.80. The van der Waals surface area contributed by atoms with Crippen molar-refractivity contribution in [3.05, 3.63) is 30.1 Å². The first-order valence-corrected chi connectivity index (χ1v) is 10.2. The van der Waals surface area contributed by atoms with Gasteiger partial charge in [-0.1, -0.05) is 12.1 Å². The van der Waals surface area contributed by atoms with Crippen LogP contribution >= 0.6 is 0 Å². The summed E-state index contributed by atoms with van der Waals surface area (Å²) >= 11 is 0. The molecule has 0 N–H and O–H groups in total. The largest absolute Gasteiger partial charge is 0.333 e. The third kappa shape index (κ3) is 3.42. The van der Waals surface area contributed by atoms with Crippen molar-refractivity contribution in [2.45, 2.75) is 70.1 Å². The molecule has 28 heavy (non-hydrogen) atoms. The maximum atomic E-state index is 13.0. The van der Waals surface area contributed by atoms with Gasteiger partial charge in [0, 0.05) is 38.3 Å². The molecule has 0 spiro atoms. The van der Waals surface area contributed by atoms with Gasteiger partial charge < -0.3 is 9.47 Å². The lowest BCUT2D eigenvalue weighted by atomic mass is 10.0. The van der Waals surface area contributed by atoms with Gasteiger partial charge in [0.2, 0.25) is 5.91 Å². The van der Waals surface area contributed by atoms with Gasteiger partial charge in [-0.15, -0.1) is 12.3 Å². The highest BCUT2D eigenvalue weighted by atomic mass is 16.2. The quantitative estimate of drug-likeness (QED) is 0.660. The lowest BCUT2D eigenvalue weighted by molar-refractivity contribution is -0.132. The summed E-state index contributed by atoms with van der Waals surface area (Å²) in [5, 5.41) is 8.31. The Labute approximate surface area is 166 Å². The van der Waals surface area contributed by atoms with Gasteiger partial charge in [-0.3, -0.25) is 4.79 Å². The zero-order valence-corrected chi connectivity index (χ0v) is 16.6. The van der Waals surface area contributed by atoms with Crippen LogP contribution in [-0.4, -0.2) is 32.6 Å². The molecule has 1 unspecified atom stereocenters. The average molecular weight is 377 g/mol. The molecule has 0 aliphatic carbocycles. The molecule has 146 valence electrons. The second kappa shape index (κ2) is 7.38. The van der Waals surface area contributed by atoms with Gasteiger partial charge in [0.25, 0.3) is 0 Å². The van der Waals surface area contributed by atoms with Gasteiger partial charge in [-0.25, -0.2) is 4.98 Å². The molecule has 1 saturated heterocycles. The number of para-hydroxylation sites is 2. The number of carbonyl (C=O) groups is 1. The number of hydrogen-bond acceptors (Lipinski definition) is 4. The number of fused-ring (bicyclic) bond motifs is 1. The summed E-state index contributed by atoms with van der Waals surface area (Å²) in [5.41, 5.74) is 1.73. The van der Waals surface area contributed by atoms with Crippen LogP contribution in [0.3, 0.4) is 0 Å². The molecule has 0 radical (unpaired) electrons. The van der Waals surface area contributed by atoms with Crippen LogP contribution in [0.5, 0.6) is 0 Å². The monoisotopic (exact) mass is 377 g/mol. The Morgan fingerprint density at radius 1 is 1.32 bits per heavy atom. The van der Waals surface area contributed by atoms with Crippen molar-refractivity contribution in [1.29, 1.82) is 0 Å². The van der Waals surface area contributed by atoms with Crippen molar-refractivity contribution in [3.63, 3.8) is 0 Å². The lowest BCUT2D eigenvalue weighted by Crippen LogP contribution is -2.33. The molecule has 6 heteroatoms. The number of terminal acetylenes is 1. The van der Waals surface area contributed by atoms with Crippen LogP contribution in [0, 0.1) is 12.3 Å². The van der Waals surface area contributed by atoms with Crippen LogP contribution in [0.2, 0.25) is 0 Å². The lowest BCUT2D eigenvalue weighted by Gasteiger charge is -2.26. The molecule has 0 bridgehead atoms. The Hall–Kier alpha value is -2.68. The number of imidazole rings is 1. The summed E-state index contributed by atoms with van der Waals surface area (Å²) in [7, 11) is 0. The molecule has 1 amide bonds. The van der Waals surface area contributed by atoms with Crippen molar-refractivity contribution in [2.24, 2.45) is 10.2 Å². The van der Waals surface area contributed by atoms with Crippen molar-refractivity contribution >= 4 is 16.9 Å². The van der Waals surface area contributed by atoms with E-state index in [0.29, 0.717) is 19.3 Å². The van der Waals surface area contributed by atoms with E-state index in [-0.39, 0.29) is 18.0 Å². The van der Waals surface area contributed by atoms with Crippen LogP contribution < -0.4 is 0 Å². The minimum Gasteiger partial charge on any atom is -0.333 e. The van der Waals surface area contributed by atoms with Gasteiger partial charge in [0.1, 0.15) is 5.82 Å². The second-order valence-corrected chi connectivity index (χ2v) is 8.05. The van der Waals surface area contributed by atoms with E-state index in [1.54, 1.807) is 0 Å². The fourth-order valence-corrected chi connectivity index (χ4v) is 4.29. The number of carbonyl (C=O) groups excluding carboxylic acids is 1. The van der Waals surface area contributed by atoms with Gasteiger partial charge >= 0.3 is 0 Å². The van der Waals surface area contributed by atoms with Gasteiger partial charge in [-0.05, 0) is 38.8 Å². The highest BCUT2D eigenvalue weighted by Crippen LogP contribution is 2.39. The van der Waals surface area contributed by atoms with E-state index in [1.165, 1.54) is 0 Å². The molecule has 2 aliphatic heterocycles. The van der Waals surface area contributed by atoms with E-state index < -0.39 is 5.66 Å². The Morgan fingerprint density at radius 3 is 2.82 bits per heavy atom. The van der Waals surface area contributed by atoms with Gasteiger partial charge in [0.05, 0.1) is 17.1 Å². The Bertz CT molecular complexity index is 945. The number of amides is 1. The molecule has 6 nitrogen and oxygen atoms in total. The maximum Gasteiger partial charge on any atom is 0.223 e. The minimum atomic E-state index is -0.400. The number of nitrogens with zero attached hydrogens (tertiary/aromatic N) is 5. The molecular weight excluding hydrogens is 350 g/mol. The zero-order chi connectivity index (χ0) is 19.7. The normalized spacial score (nSPS) is 20.1. The molecule has 2 aromatic rings. The summed E-state index contributed by atoms with van der Waals surface area (Å²) < 4.78 is 2.28. The molecule has 1 atom stereocenters. The van der Waals surface area contributed by atoms with E-state index in [2.05, 4.69) is 40.6 Å². The fraction of sp³-hybridized carbons (Fsp3) is 0.545. The van der Waals surface area contributed by atoms with E-state index in [1.807, 2.05) is 23.1 Å². The number of benzene rings is 1. The SMILES string of the molecule is C#CCCC1(CCC(=O)N2CCCC2c2nc3ccccc3n2C(C)C)N=N1. The first kappa shape index (κ1) is 18.7. The first-order chi connectivity index (χ1) is 13.5. The van der Waals surface area contributed by atoms with Crippen molar-refractivity contribution in [3.8, 4) is 12.3 Å². The number of aromatic nitrogens is 2. The summed E-state index contributed by atoms with van der Waals surface area (Å²) in [4.78, 5) is 20.0. The highest BCUT2D eigenvalue weighted by Gasteiger charge is 2.41. The van der Waals surface area contributed by atoms with Crippen molar-refractivity contribution in [2.75, 3.05) is 6.54 Å². The number of rotatable bonds is 7. The number of hydrogen-bond donors (Lipinski definition) is 0. The Morgan fingerprint density at radius 2 is 2.11 bits per heavy atom. The molecule has 1 aromatic heterocycles. The summed E-state index contributed by atoms with van der Waals surface area (Å²) in [6, 6.07) is 8.54. The van der Waals surface area contributed by atoms with E-state index >= 15 is 0 Å². The molecule has 4 rings (SSSR count). The first-order valence-electron chi connectivity index (χ1n) is 10.2. The highest BCUT2D eigenvalue weighted by molar-refractivity contribution is 5.78. The van der Waals surface area contributed by atoms with Crippen molar-refractivity contribution < 1.29 is 4.79 Å². The average Bonchev–Trinajstić information content (AvgIpc) is 3.13. The van der Waals surface area contributed by atoms with E-state index in [9.17, 15) is 4.79 Å². The molecule has 1 fully saturated rings. The summed E-state index contributed by atoms with van der Waals surface area (Å²) in [5.74, 6) is 3.81. The second-order valence-electron chi connectivity index (χ2n) is 8.05. The fourth-order valence-electron chi connectivity index (χ4n) is 4.29. The van der Waals surface area contributed by atoms with Gasteiger partial charge in [-0.2, -0.15) is 10.2 Å². The predicted octanol–water partition coefficient (Wildman–Crippen LogP) is 4.64. The van der Waals surface area contributed by atoms with Crippen molar-refractivity contribution in [1.82, 2.24) is 14.5 Å². The zero-order valence-electron chi connectivity index (χ0n) is 16.6. The number of likely N-dealkylation sites (tertiary alicyclic amines) is 1. The van der Waals surface area contributed by atoms with Crippen LogP contribution in [0.1, 0.15) is 70.3 Å². The third-order valence-electron chi connectivity index (χ3n) is 5.80. The van der Waals surface area contributed by atoms with E-state index in [0.717, 1.165) is 42.7 Å². The molecule has 2 aliphatic rings. The van der Waals surface area contributed by atoms with Crippen LogP contribution in [0.15, 0.2) is 34.5 Å².